The van der Waals surface area contributed by atoms with E-state index in [9.17, 15) is 19.2 Å². The monoisotopic (exact) mass is 509 g/mol. The lowest BCUT2D eigenvalue weighted by Crippen LogP contribution is -2.33. The van der Waals surface area contributed by atoms with Crippen molar-refractivity contribution in [1.82, 2.24) is 0 Å². The summed E-state index contributed by atoms with van der Waals surface area (Å²) in [5.41, 5.74) is 2.13. The molecule has 0 radical (unpaired) electrons. The molecule has 192 valence electrons. The Balaban J connectivity index is 1.17. The summed E-state index contributed by atoms with van der Waals surface area (Å²) in [7, 11) is 1.51. The largest absolute Gasteiger partial charge is 0.497 e. The van der Waals surface area contributed by atoms with Gasteiger partial charge in [-0.1, -0.05) is 48.5 Å². The second kappa shape index (κ2) is 9.56. The van der Waals surface area contributed by atoms with Crippen LogP contribution in [0.25, 0.3) is 0 Å². The first-order valence-electron chi connectivity index (χ1n) is 12.8. The van der Waals surface area contributed by atoms with E-state index in [1.807, 2.05) is 18.2 Å². The maximum atomic E-state index is 13.6. The highest BCUT2D eigenvalue weighted by molar-refractivity contribution is 6.23. The molecule has 3 aromatic carbocycles. The minimum absolute atomic E-state index is 0.143. The van der Waals surface area contributed by atoms with Crippen LogP contribution < -0.4 is 9.64 Å². The quantitative estimate of drug-likeness (QED) is 0.261. The Bertz CT molecular complexity index is 1430. The van der Waals surface area contributed by atoms with Gasteiger partial charge in [0, 0.05) is 5.56 Å². The predicted octanol–water partition coefficient (Wildman–Crippen LogP) is 4.66. The van der Waals surface area contributed by atoms with Crippen LogP contribution in [0.15, 0.2) is 78.9 Å². The van der Waals surface area contributed by atoms with Gasteiger partial charge in [0.2, 0.25) is 11.8 Å². The van der Waals surface area contributed by atoms with Gasteiger partial charge in [-0.15, -0.1) is 0 Å². The van der Waals surface area contributed by atoms with Crippen molar-refractivity contribution in [3.63, 3.8) is 0 Å². The first-order valence-corrected chi connectivity index (χ1v) is 12.8. The molecule has 7 nitrogen and oxygen atoms in total. The zero-order valence-electron chi connectivity index (χ0n) is 20.9. The van der Waals surface area contributed by atoms with Crippen LogP contribution in [0.5, 0.6) is 5.75 Å². The van der Waals surface area contributed by atoms with E-state index in [1.54, 1.807) is 42.5 Å². The molecule has 0 N–H and O–H groups in total. The topological polar surface area (TPSA) is 90.0 Å². The van der Waals surface area contributed by atoms with Crippen LogP contribution in [-0.4, -0.2) is 37.3 Å². The molecule has 1 aliphatic heterocycles. The molecule has 6 rings (SSSR count). The van der Waals surface area contributed by atoms with Crippen molar-refractivity contribution >= 4 is 29.3 Å². The minimum Gasteiger partial charge on any atom is -0.497 e. The van der Waals surface area contributed by atoms with Crippen molar-refractivity contribution in [2.24, 2.45) is 23.7 Å². The normalized spacial score (nSPS) is 25.4. The molecule has 7 heteroatoms. The van der Waals surface area contributed by atoms with Gasteiger partial charge in [0.05, 0.1) is 30.2 Å². The first-order chi connectivity index (χ1) is 18.5. The third kappa shape index (κ3) is 3.99. The van der Waals surface area contributed by atoms with Gasteiger partial charge in [0.25, 0.3) is 0 Å². The average molecular weight is 510 g/mol. The van der Waals surface area contributed by atoms with Gasteiger partial charge in [-0.2, -0.15) is 0 Å². The zero-order valence-corrected chi connectivity index (χ0v) is 20.9. The zero-order chi connectivity index (χ0) is 26.4. The molecule has 3 fully saturated rings. The lowest BCUT2D eigenvalue weighted by molar-refractivity contribution is -0.123. The molecule has 38 heavy (non-hydrogen) atoms. The highest BCUT2D eigenvalue weighted by Gasteiger charge is 2.64. The number of anilines is 1. The number of ketones is 1. The van der Waals surface area contributed by atoms with Gasteiger partial charge in [-0.05, 0) is 66.5 Å². The Morgan fingerprint density at radius 2 is 1.58 bits per heavy atom. The number of fused-ring (bicyclic) bond motifs is 5. The number of hydrogen-bond acceptors (Lipinski definition) is 6. The van der Waals surface area contributed by atoms with Crippen molar-refractivity contribution in [1.29, 1.82) is 0 Å². The van der Waals surface area contributed by atoms with Crippen LogP contribution in [0.4, 0.5) is 5.69 Å². The van der Waals surface area contributed by atoms with Crippen molar-refractivity contribution < 1.29 is 28.7 Å². The van der Waals surface area contributed by atoms with E-state index in [4.69, 9.17) is 9.47 Å². The van der Waals surface area contributed by atoms with Crippen molar-refractivity contribution in [3.05, 3.63) is 95.6 Å². The van der Waals surface area contributed by atoms with Crippen LogP contribution in [0.2, 0.25) is 0 Å². The molecule has 2 aliphatic carbocycles. The van der Waals surface area contributed by atoms with Crippen LogP contribution in [0, 0.1) is 23.7 Å². The molecular weight excluding hydrogens is 482 g/mol. The highest BCUT2D eigenvalue weighted by atomic mass is 16.5. The second-order valence-electron chi connectivity index (χ2n) is 10.3. The number of ether oxygens (including phenoxy) is 2. The molecular formula is C31H27NO6. The molecule has 2 saturated carbocycles. The Hall–Kier alpha value is -4.26. The molecule has 3 aromatic rings. The number of carbonyl (C=O) groups excluding carboxylic acids is 4. The summed E-state index contributed by atoms with van der Waals surface area (Å²) in [6, 6.07) is 23.1. The lowest BCUT2D eigenvalue weighted by Gasteiger charge is -2.28. The molecule has 0 spiro atoms. The summed E-state index contributed by atoms with van der Waals surface area (Å²) in [6.07, 6.45) is 1.81. The maximum absolute atomic E-state index is 13.6. The van der Waals surface area contributed by atoms with Gasteiger partial charge < -0.3 is 9.47 Å². The fourth-order valence-electron chi connectivity index (χ4n) is 6.66. The number of hydrogen-bond donors (Lipinski definition) is 0. The second-order valence-corrected chi connectivity index (χ2v) is 10.3. The van der Waals surface area contributed by atoms with E-state index in [0.29, 0.717) is 17.0 Å². The summed E-state index contributed by atoms with van der Waals surface area (Å²) < 4.78 is 10.4. The van der Waals surface area contributed by atoms with Gasteiger partial charge in [-0.25, -0.2) is 4.79 Å². The van der Waals surface area contributed by atoms with E-state index in [0.717, 1.165) is 12.8 Å². The van der Waals surface area contributed by atoms with E-state index in [2.05, 4.69) is 12.1 Å². The predicted molar refractivity (Wildman–Crippen MR) is 139 cm³/mol. The highest BCUT2D eigenvalue weighted by Crippen LogP contribution is 2.61. The SMILES string of the molecule is COc1cccc(C(=O)COC(=O)c2cccc(N3C(=O)[C@@H]4[C@@H]5C[C@@H]([C@@H]4C3=O)[C@H](c3ccccc3)C5)c2)c1. The summed E-state index contributed by atoms with van der Waals surface area (Å²) in [6.45, 7) is -0.438. The van der Waals surface area contributed by atoms with Crippen LogP contribution in [0.1, 0.15) is 45.0 Å². The standard InChI is InChI=1S/C31H27NO6/c1-37-23-12-6-9-19(14-23)26(33)17-38-31(36)20-10-5-11-22(13-20)32-29(34)27-21-15-24(18-7-3-2-4-8-18)25(16-21)28(27)30(32)35/h2-14,21,24-25,27-28H,15-17H2,1H3/t21-,24-,25+,27+,28-/m0/s1. The summed E-state index contributed by atoms with van der Waals surface area (Å²) in [4.78, 5) is 53.6. The molecule has 1 heterocycles. The molecule has 2 amide bonds. The van der Waals surface area contributed by atoms with E-state index in [-0.39, 0.29) is 52.8 Å². The first kappa shape index (κ1) is 24.1. The number of carbonyl (C=O) groups is 4. The number of Topliss-reactive ketones (excluding diaryl/α,β-unsaturated/α-hetero) is 1. The third-order valence-corrected chi connectivity index (χ3v) is 8.31. The summed E-state index contributed by atoms with van der Waals surface area (Å²) >= 11 is 0. The van der Waals surface area contributed by atoms with Gasteiger partial charge in [0.15, 0.2) is 12.4 Å². The van der Waals surface area contributed by atoms with Crippen molar-refractivity contribution in [2.75, 3.05) is 18.6 Å². The maximum Gasteiger partial charge on any atom is 0.338 e. The molecule has 0 aromatic heterocycles. The molecule has 1 saturated heterocycles. The molecule has 5 atom stereocenters. The molecule has 2 bridgehead atoms. The number of imide groups is 1. The van der Waals surface area contributed by atoms with Crippen molar-refractivity contribution in [3.8, 4) is 5.75 Å². The van der Waals surface area contributed by atoms with Crippen LogP contribution in [0.3, 0.4) is 0 Å². The Morgan fingerprint density at radius 1 is 0.842 bits per heavy atom. The Labute approximate surface area is 220 Å². The average Bonchev–Trinajstić information content (AvgIpc) is 3.63. The lowest BCUT2D eigenvalue weighted by atomic mass is 9.73. The number of rotatable bonds is 7. The van der Waals surface area contributed by atoms with Gasteiger partial charge in [-0.3, -0.25) is 19.3 Å². The van der Waals surface area contributed by atoms with E-state index >= 15 is 0 Å². The van der Waals surface area contributed by atoms with Gasteiger partial charge >= 0.3 is 5.97 Å². The van der Waals surface area contributed by atoms with Crippen LogP contribution in [-0.2, 0) is 14.3 Å². The summed E-state index contributed by atoms with van der Waals surface area (Å²) in [5.74, 6) is -0.931. The third-order valence-electron chi connectivity index (χ3n) is 8.31. The minimum atomic E-state index is -0.702. The molecule has 0 unspecified atom stereocenters. The Kier molecular flexibility index (Phi) is 6.06. The Morgan fingerprint density at radius 3 is 2.37 bits per heavy atom. The fraction of sp³-hybridized carbons (Fsp3) is 0.290. The fourth-order valence-corrected chi connectivity index (χ4v) is 6.66. The number of nitrogens with zero attached hydrogens (tertiary/aromatic N) is 1. The van der Waals surface area contributed by atoms with E-state index < -0.39 is 12.6 Å². The summed E-state index contributed by atoms with van der Waals surface area (Å²) in [5, 5.41) is 0. The number of methoxy groups -OCH3 is 1. The number of amides is 2. The number of esters is 1. The molecule has 3 aliphatic rings. The smallest absolute Gasteiger partial charge is 0.338 e. The van der Waals surface area contributed by atoms with Crippen LogP contribution >= 0.6 is 0 Å². The van der Waals surface area contributed by atoms with Crippen molar-refractivity contribution in [2.45, 2.75) is 18.8 Å². The van der Waals surface area contributed by atoms with Gasteiger partial charge in [0.1, 0.15) is 5.75 Å². The number of benzene rings is 3. The van der Waals surface area contributed by atoms with E-state index in [1.165, 1.54) is 23.6 Å².